The van der Waals surface area contributed by atoms with E-state index >= 15 is 0 Å². The van der Waals surface area contributed by atoms with E-state index < -0.39 is 6.10 Å². The highest BCUT2D eigenvalue weighted by Gasteiger charge is 2.34. The Balaban J connectivity index is 1.24. The van der Waals surface area contributed by atoms with Crippen LogP contribution in [0.25, 0.3) is 0 Å². The van der Waals surface area contributed by atoms with E-state index in [9.17, 15) is 9.50 Å². The first kappa shape index (κ1) is 19.9. The van der Waals surface area contributed by atoms with E-state index in [2.05, 4.69) is 49.4 Å². The predicted molar refractivity (Wildman–Crippen MR) is 119 cm³/mol. The fraction of sp³-hybridized carbons (Fsp3) is 0.333. The quantitative estimate of drug-likeness (QED) is 0.676. The first-order valence-corrected chi connectivity index (χ1v) is 10.7. The summed E-state index contributed by atoms with van der Waals surface area (Å²) in [5.74, 6) is 1.14. The SMILES string of the molecule is OC1CN(c2cc(Nc3ccc(F)cc3)ncn2)CCC1N1CCc2ccccc2C1. The lowest BCUT2D eigenvalue weighted by molar-refractivity contribution is 0.0293. The molecule has 2 unspecified atom stereocenters. The van der Waals surface area contributed by atoms with Crippen molar-refractivity contribution in [3.05, 3.63) is 77.9 Å². The number of hydrogen-bond acceptors (Lipinski definition) is 6. The number of fused-ring (bicyclic) bond motifs is 1. The fourth-order valence-corrected chi connectivity index (χ4v) is 4.62. The number of anilines is 3. The zero-order valence-electron chi connectivity index (χ0n) is 17.3. The van der Waals surface area contributed by atoms with Crippen molar-refractivity contribution in [1.29, 1.82) is 0 Å². The molecule has 2 atom stereocenters. The molecule has 0 aliphatic carbocycles. The van der Waals surface area contributed by atoms with Crippen LogP contribution >= 0.6 is 0 Å². The molecule has 7 heteroatoms. The average Bonchev–Trinajstić information content (AvgIpc) is 2.80. The molecule has 3 aromatic rings. The average molecular weight is 420 g/mol. The summed E-state index contributed by atoms with van der Waals surface area (Å²) >= 11 is 0. The van der Waals surface area contributed by atoms with Crippen LogP contribution in [-0.4, -0.2) is 51.8 Å². The second-order valence-corrected chi connectivity index (χ2v) is 8.25. The van der Waals surface area contributed by atoms with Crippen LogP contribution in [-0.2, 0) is 13.0 Å². The molecule has 5 rings (SSSR count). The molecule has 0 amide bonds. The van der Waals surface area contributed by atoms with Gasteiger partial charge in [-0.1, -0.05) is 24.3 Å². The molecule has 0 spiro atoms. The lowest BCUT2D eigenvalue weighted by Crippen LogP contribution is -2.55. The highest BCUT2D eigenvalue weighted by Crippen LogP contribution is 2.27. The van der Waals surface area contributed by atoms with Gasteiger partial charge in [-0.05, 0) is 48.2 Å². The van der Waals surface area contributed by atoms with Crippen LogP contribution in [0.15, 0.2) is 60.9 Å². The maximum absolute atomic E-state index is 13.1. The van der Waals surface area contributed by atoms with Crippen LogP contribution in [0.1, 0.15) is 17.5 Å². The van der Waals surface area contributed by atoms with Crippen LogP contribution < -0.4 is 10.2 Å². The van der Waals surface area contributed by atoms with E-state index in [0.717, 1.165) is 44.0 Å². The van der Waals surface area contributed by atoms with Gasteiger partial charge < -0.3 is 15.3 Å². The minimum absolute atomic E-state index is 0.156. The molecule has 0 saturated carbocycles. The number of aliphatic hydroxyl groups excluding tert-OH is 1. The maximum atomic E-state index is 13.1. The van der Waals surface area contributed by atoms with Crippen molar-refractivity contribution >= 4 is 17.3 Å². The maximum Gasteiger partial charge on any atom is 0.135 e. The molecule has 1 fully saturated rings. The number of rotatable bonds is 4. The molecule has 1 saturated heterocycles. The van der Waals surface area contributed by atoms with E-state index in [1.165, 1.54) is 29.6 Å². The van der Waals surface area contributed by atoms with Gasteiger partial charge in [-0.2, -0.15) is 0 Å². The van der Waals surface area contributed by atoms with Crippen molar-refractivity contribution in [1.82, 2.24) is 14.9 Å². The Hall–Kier alpha value is -3.03. The Morgan fingerprint density at radius 2 is 1.81 bits per heavy atom. The van der Waals surface area contributed by atoms with E-state index in [1.807, 2.05) is 6.07 Å². The first-order chi connectivity index (χ1) is 15.2. The third-order valence-electron chi connectivity index (χ3n) is 6.27. The molecule has 0 bridgehead atoms. The molecule has 2 aliphatic heterocycles. The number of benzene rings is 2. The van der Waals surface area contributed by atoms with Crippen LogP contribution in [0, 0.1) is 5.82 Å². The van der Waals surface area contributed by atoms with Gasteiger partial charge in [-0.15, -0.1) is 0 Å². The molecule has 31 heavy (non-hydrogen) atoms. The third-order valence-corrected chi connectivity index (χ3v) is 6.27. The molecule has 2 aromatic carbocycles. The minimum Gasteiger partial charge on any atom is -0.390 e. The zero-order chi connectivity index (χ0) is 21.2. The summed E-state index contributed by atoms with van der Waals surface area (Å²) < 4.78 is 13.1. The van der Waals surface area contributed by atoms with Gasteiger partial charge in [-0.25, -0.2) is 14.4 Å². The predicted octanol–water partition coefficient (Wildman–Crippen LogP) is 3.36. The van der Waals surface area contributed by atoms with E-state index in [0.29, 0.717) is 12.4 Å². The monoisotopic (exact) mass is 419 g/mol. The van der Waals surface area contributed by atoms with Gasteiger partial charge in [0.2, 0.25) is 0 Å². The largest absolute Gasteiger partial charge is 0.390 e. The molecule has 2 N–H and O–H groups in total. The summed E-state index contributed by atoms with van der Waals surface area (Å²) in [4.78, 5) is 13.2. The van der Waals surface area contributed by atoms with Crippen molar-refractivity contribution in [3.63, 3.8) is 0 Å². The standard InChI is InChI=1S/C24H26FN5O/c25-19-5-7-20(8-6-19)28-23-13-24(27-16-26-23)30-12-10-21(22(31)15-30)29-11-9-17-3-1-2-4-18(17)14-29/h1-8,13,16,21-22,31H,9-12,14-15H2,(H,26,27,28). The Morgan fingerprint density at radius 1 is 1.00 bits per heavy atom. The molecule has 6 nitrogen and oxygen atoms in total. The molecule has 160 valence electrons. The summed E-state index contributed by atoms with van der Waals surface area (Å²) in [5, 5.41) is 14.1. The van der Waals surface area contributed by atoms with Gasteiger partial charge in [-0.3, -0.25) is 4.90 Å². The molecular weight excluding hydrogens is 393 g/mol. The number of nitrogens with one attached hydrogen (secondary N) is 1. The normalized spacial score (nSPS) is 21.5. The van der Waals surface area contributed by atoms with Gasteiger partial charge in [0, 0.05) is 44.0 Å². The summed E-state index contributed by atoms with van der Waals surface area (Å²) in [6, 6.07) is 16.8. The number of β-amino-alcohol motifs (C(OH)–C–C–N with tert-alkyl or cyclic N) is 1. The van der Waals surface area contributed by atoms with Crippen LogP contribution in [0.5, 0.6) is 0 Å². The Bertz CT molecular complexity index is 1040. The van der Waals surface area contributed by atoms with Crippen LogP contribution in [0.4, 0.5) is 21.7 Å². The number of piperidine rings is 1. The third kappa shape index (κ3) is 4.38. The number of halogens is 1. The van der Waals surface area contributed by atoms with Crippen molar-refractivity contribution < 1.29 is 9.50 Å². The molecule has 2 aliphatic rings. The smallest absolute Gasteiger partial charge is 0.135 e. The summed E-state index contributed by atoms with van der Waals surface area (Å²) in [7, 11) is 0. The highest BCUT2D eigenvalue weighted by molar-refractivity contribution is 5.59. The molecular formula is C24H26FN5O. The summed E-state index contributed by atoms with van der Waals surface area (Å²) in [6.45, 7) is 3.25. The number of hydrogen-bond donors (Lipinski definition) is 2. The van der Waals surface area contributed by atoms with Crippen molar-refractivity contribution in [3.8, 4) is 0 Å². The second kappa shape index (κ2) is 8.61. The number of nitrogens with zero attached hydrogens (tertiary/aromatic N) is 4. The van der Waals surface area contributed by atoms with Gasteiger partial charge >= 0.3 is 0 Å². The first-order valence-electron chi connectivity index (χ1n) is 10.7. The van der Waals surface area contributed by atoms with Crippen molar-refractivity contribution in [2.24, 2.45) is 0 Å². The van der Waals surface area contributed by atoms with Gasteiger partial charge in [0.05, 0.1) is 6.10 Å². The zero-order valence-corrected chi connectivity index (χ0v) is 17.3. The minimum atomic E-state index is -0.442. The molecule has 3 heterocycles. The van der Waals surface area contributed by atoms with E-state index in [1.54, 1.807) is 12.1 Å². The van der Waals surface area contributed by atoms with Gasteiger partial charge in [0.1, 0.15) is 23.8 Å². The lowest BCUT2D eigenvalue weighted by Gasteiger charge is -2.43. The van der Waals surface area contributed by atoms with E-state index in [4.69, 9.17) is 0 Å². The summed E-state index contributed by atoms with van der Waals surface area (Å²) in [5.41, 5.74) is 3.55. The Labute approximate surface area is 181 Å². The number of aromatic nitrogens is 2. The van der Waals surface area contributed by atoms with Crippen LogP contribution in [0.2, 0.25) is 0 Å². The lowest BCUT2D eigenvalue weighted by atomic mass is 9.94. The molecule has 0 radical (unpaired) electrons. The molecule has 1 aromatic heterocycles. The van der Waals surface area contributed by atoms with Crippen molar-refractivity contribution in [2.45, 2.75) is 31.5 Å². The van der Waals surface area contributed by atoms with Crippen LogP contribution in [0.3, 0.4) is 0 Å². The topological polar surface area (TPSA) is 64.5 Å². The summed E-state index contributed by atoms with van der Waals surface area (Å²) in [6.07, 6.45) is 2.99. The van der Waals surface area contributed by atoms with Gasteiger partial charge in [0.25, 0.3) is 0 Å². The highest BCUT2D eigenvalue weighted by atomic mass is 19.1. The van der Waals surface area contributed by atoms with Crippen molar-refractivity contribution in [2.75, 3.05) is 29.9 Å². The Morgan fingerprint density at radius 3 is 2.61 bits per heavy atom. The van der Waals surface area contributed by atoms with Gasteiger partial charge in [0.15, 0.2) is 0 Å². The fourth-order valence-electron chi connectivity index (χ4n) is 4.62. The van der Waals surface area contributed by atoms with E-state index in [-0.39, 0.29) is 11.9 Å². The Kier molecular flexibility index (Phi) is 5.53. The number of aliphatic hydroxyl groups is 1. The second-order valence-electron chi connectivity index (χ2n) is 8.25.